The molecule has 3 nitrogen and oxygen atoms in total. The van der Waals surface area contributed by atoms with Gasteiger partial charge in [0.2, 0.25) is 5.91 Å². The summed E-state index contributed by atoms with van der Waals surface area (Å²) in [5, 5.41) is 3.02. The molecule has 1 fully saturated rings. The zero-order valence-corrected chi connectivity index (χ0v) is 10.4. The molecule has 17 heavy (non-hydrogen) atoms. The summed E-state index contributed by atoms with van der Waals surface area (Å²) in [4.78, 5) is 14.2. The lowest BCUT2D eigenvalue weighted by Crippen LogP contribution is -2.41. The Morgan fingerprint density at radius 1 is 1.41 bits per heavy atom. The van der Waals surface area contributed by atoms with Crippen molar-refractivity contribution in [1.29, 1.82) is 0 Å². The van der Waals surface area contributed by atoms with Crippen LogP contribution in [0.4, 0.5) is 0 Å². The van der Waals surface area contributed by atoms with Gasteiger partial charge in [0.25, 0.3) is 0 Å². The highest BCUT2D eigenvalue weighted by Crippen LogP contribution is 2.15. The van der Waals surface area contributed by atoms with E-state index < -0.39 is 0 Å². The maximum absolute atomic E-state index is 12.0. The Kier molecular flexibility index (Phi) is 4.15. The van der Waals surface area contributed by atoms with E-state index in [0.717, 1.165) is 31.5 Å². The Hall–Kier alpha value is -1.35. The highest BCUT2D eigenvalue weighted by atomic mass is 16.1. The van der Waals surface area contributed by atoms with Gasteiger partial charge in [-0.3, -0.25) is 4.79 Å². The van der Waals surface area contributed by atoms with E-state index >= 15 is 0 Å². The molecule has 0 saturated carbocycles. The molecule has 1 N–H and O–H groups in total. The first-order valence-corrected chi connectivity index (χ1v) is 6.26. The first-order chi connectivity index (χ1) is 8.25. The van der Waals surface area contributed by atoms with Gasteiger partial charge >= 0.3 is 0 Å². The molecule has 1 saturated heterocycles. The summed E-state index contributed by atoms with van der Waals surface area (Å²) in [6.07, 6.45) is 2.14. The number of likely N-dealkylation sites (tertiary alicyclic amines) is 1. The van der Waals surface area contributed by atoms with Crippen LogP contribution in [0.25, 0.3) is 0 Å². The number of nitrogens with one attached hydrogen (secondary N) is 1. The topological polar surface area (TPSA) is 32.3 Å². The molecular formula is C14H20N2O. The van der Waals surface area contributed by atoms with Gasteiger partial charge in [-0.25, -0.2) is 0 Å². The Bertz CT molecular complexity index is 364. The minimum Gasteiger partial charge on any atom is -0.352 e. The third-order valence-corrected chi connectivity index (χ3v) is 3.30. The van der Waals surface area contributed by atoms with Crippen molar-refractivity contribution in [2.24, 2.45) is 5.92 Å². The van der Waals surface area contributed by atoms with E-state index in [0.29, 0.717) is 6.54 Å². The summed E-state index contributed by atoms with van der Waals surface area (Å²) in [6, 6.07) is 10.0. The second-order valence-electron chi connectivity index (χ2n) is 4.80. The monoisotopic (exact) mass is 232 g/mol. The fraction of sp³-hybridized carbons (Fsp3) is 0.500. The summed E-state index contributed by atoms with van der Waals surface area (Å²) < 4.78 is 0. The molecule has 3 heteroatoms. The van der Waals surface area contributed by atoms with Crippen LogP contribution in [-0.2, 0) is 11.3 Å². The van der Waals surface area contributed by atoms with Crippen LogP contribution in [0.2, 0.25) is 0 Å². The fourth-order valence-electron chi connectivity index (χ4n) is 2.31. The molecule has 1 amide bonds. The molecule has 1 aliphatic rings. The lowest BCUT2D eigenvalue weighted by atomic mass is 9.97. The summed E-state index contributed by atoms with van der Waals surface area (Å²) in [6.45, 7) is 2.64. The molecule has 1 aromatic rings. The average Bonchev–Trinajstić information content (AvgIpc) is 2.37. The largest absolute Gasteiger partial charge is 0.352 e. The molecule has 0 aromatic heterocycles. The first-order valence-electron chi connectivity index (χ1n) is 6.26. The molecule has 2 rings (SSSR count). The van der Waals surface area contributed by atoms with Crippen molar-refractivity contribution in [2.75, 3.05) is 20.1 Å². The van der Waals surface area contributed by atoms with Crippen molar-refractivity contribution >= 4 is 5.91 Å². The molecule has 1 heterocycles. The van der Waals surface area contributed by atoms with Gasteiger partial charge in [0.05, 0.1) is 5.92 Å². The standard InChI is InChI=1S/C14H20N2O/c1-16-9-5-8-13(11-16)14(17)15-10-12-6-3-2-4-7-12/h2-4,6-7,13H,5,8-11H2,1H3,(H,15,17). The van der Waals surface area contributed by atoms with E-state index in [2.05, 4.69) is 17.3 Å². The van der Waals surface area contributed by atoms with Gasteiger partial charge in [0.15, 0.2) is 0 Å². The number of piperidine rings is 1. The maximum atomic E-state index is 12.0. The number of carbonyl (C=O) groups excluding carboxylic acids is 1. The van der Waals surface area contributed by atoms with Gasteiger partial charge in [-0.2, -0.15) is 0 Å². The normalized spacial score (nSPS) is 21.1. The smallest absolute Gasteiger partial charge is 0.224 e. The van der Waals surface area contributed by atoms with Crippen LogP contribution >= 0.6 is 0 Å². The minimum atomic E-state index is 0.164. The predicted octanol–water partition coefficient (Wildman–Crippen LogP) is 1.64. The quantitative estimate of drug-likeness (QED) is 0.859. The molecule has 0 spiro atoms. The van der Waals surface area contributed by atoms with E-state index in [1.165, 1.54) is 0 Å². The lowest BCUT2D eigenvalue weighted by molar-refractivity contribution is -0.126. The summed E-state index contributed by atoms with van der Waals surface area (Å²) in [5.74, 6) is 0.359. The molecule has 1 aromatic carbocycles. The number of benzene rings is 1. The van der Waals surface area contributed by atoms with Crippen molar-refractivity contribution in [3.63, 3.8) is 0 Å². The Morgan fingerprint density at radius 3 is 2.88 bits per heavy atom. The van der Waals surface area contributed by atoms with E-state index in [4.69, 9.17) is 0 Å². The van der Waals surface area contributed by atoms with Crippen LogP contribution in [0.1, 0.15) is 18.4 Å². The average molecular weight is 232 g/mol. The molecule has 0 aliphatic carbocycles. The van der Waals surface area contributed by atoms with Gasteiger partial charge in [-0.05, 0) is 32.0 Å². The van der Waals surface area contributed by atoms with Crippen molar-refractivity contribution in [3.05, 3.63) is 35.9 Å². The number of nitrogens with zero attached hydrogens (tertiary/aromatic N) is 1. The Morgan fingerprint density at radius 2 is 2.18 bits per heavy atom. The van der Waals surface area contributed by atoms with Crippen LogP contribution in [0.5, 0.6) is 0 Å². The zero-order chi connectivity index (χ0) is 12.1. The summed E-state index contributed by atoms with van der Waals surface area (Å²) >= 11 is 0. The summed E-state index contributed by atoms with van der Waals surface area (Å²) in [7, 11) is 2.08. The molecule has 92 valence electrons. The molecular weight excluding hydrogens is 212 g/mol. The zero-order valence-electron chi connectivity index (χ0n) is 10.4. The molecule has 1 atom stereocenters. The number of hydrogen-bond donors (Lipinski definition) is 1. The Balaban J connectivity index is 1.81. The number of hydrogen-bond acceptors (Lipinski definition) is 2. The lowest BCUT2D eigenvalue weighted by Gasteiger charge is -2.28. The van der Waals surface area contributed by atoms with Crippen LogP contribution in [0.3, 0.4) is 0 Å². The van der Waals surface area contributed by atoms with E-state index in [9.17, 15) is 4.79 Å². The number of rotatable bonds is 3. The third-order valence-electron chi connectivity index (χ3n) is 3.30. The fourth-order valence-corrected chi connectivity index (χ4v) is 2.31. The van der Waals surface area contributed by atoms with E-state index in [1.54, 1.807) is 0 Å². The van der Waals surface area contributed by atoms with Crippen LogP contribution < -0.4 is 5.32 Å². The molecule has 0 radical (unpaired) electrons. The van der Waals surface area contributed by atoms with Crippen LogP contribution in [0.15, 0.2) is 30.3 Å². The van der Waals surface area contributed by atoms with E-state index in [1.807, 2.05) is 30.3 Å². The van der Waals surface area contributed by atoms with Gasteiger partial charge in [0, 0.05) is 13.1 Å². The van der Waals surface area contributed by atoms with Crippen molar-refractivity contribution in [3.8, 4) is 0 Å². The van der Waals surface area contributed by atoms with Crippen molar-refractivity contribution in [1.82, 2.24) is 10.2 Å². The van der Waals surface area contributed by atoms with Gasteiger partial charge in [-0.1, -0.05) is 30.3 Å². The van der Waals surface area contributed by atoms with Gasteiger partial charge in [0.1, 0.15) is 0 Å². The molecule has 1 unspecified atom stereocenters. The number of carbonyl (C=O) groups is 1. The summed E-state index contributed by atoms with van der Waals surface area (Å²) in [5.41, 5.74) is 1.16. The van der Waals surface area contributed by atoms with Crippen LogP contribution in [0, 0.1) is 5.92 Å². The van der Waals surface area contributed by atoms with Gasteiger partial charge < -0.3 is 10.2 Å². The number of amides is 1. The highest BCUT2D eigenvalue weighted by molar-refractivity contribution is 5.78. The second kappa shape index (κ2) is 5.82. The predicted molar refractivity (Wildman–Crippen MR) is 68.5 cm³/mol. The molecule has 0 bridgehead atoms. The van der Waals surface area contributed by atoms with E-state index in [-0.39, 0.29) is 11.8 Å². The van der Waals surface area contributed by atoms with Crippen molar-refractivity contribution in [2.45, 2.75) is 19.4 Å². The minimum absolute atomic E-state index is 0.164. The Labute approximate surface area is 103 Å². The SMILES string of the molecule is CN1CCCC(C(=O)NCc2ccccc2)C1. The third kappa shape index (κ3) is 3.56. The first kappa shape index (κ1) is 12.1. The van der Waals surface area contributed by atoms with Crippen molar-refractivity contribution < 1.29 is 4.79 Å². The highest BCUT2D eigenvalue weighted by Gasteiger charge is 2.23. The second-order valence-corrected chi connectivity index (χ2v) is 4.80. The van der Waals surface area contributed by atoms with Crippen LogP contribution in [-0.4, -0.2) is 30.9 Å². The molecule has 1 aliphatic heterocycles. The maximum Gasteiger partial charge on any atom is 0.224 e. The van der Waals surface area contributed by atoms with Gasteiger partial charge in [-0.15, -0.1) is 0 Å².